The zero-order chi connectivity index (χ0) is 21.8. The van der Waals surface area contributed by atoms with Gasteiger partial charge in [-0.2, -0.15) is 0 Å². The van der Waals surface area contributed by atoms with E-state index in [2.05, 4.69) is 19.2 Å². The quantitative estimate of drug-likeness (QED) is 0.306. The molecular formula is C23H19ClN2O4. The number of halogens is 1. The van der Waals surface area contributed by atoms with Crippen molar-refractivity contribution in [3.8, 4) is 0 Å². The van der Waals surface area contributed by atoms with Crippen molar-refractivity contribution in [2.75, 3.05) is 5.32 Å². The third kappa shape index (κ3) is 4.55. The van der Waals surface area contributed by atoms with Gasteiger partial charge in [0.1, 0.15) is 5.02 Å². The van der Waals surface area contributed by atoms with Gasteiger partial charge in [-0.05, 0) is 41.8 Å². The number of benzene rings is 3. The molecule has 0 radical (unpaired) electrons. The highest BCUT2D eigenvalue weighted by molar-refractivity contribution is 6.33. The third-order valence-electron chi connectivity index (χ3n) is 4.66. The maximum atomic E-state index is 13.0. The first kappa shape index (κ1) is 21.2. The Hall–Kier alpha value is -3.51. The van der Waals surface area contributed by atoms with Crippen LogP contribution in [0.2, 0.25) is 5.02 Å². The maximum absolute atomic E-state index is 13.0. The lowest BCUT2D eigenvalue weighted by Crippen LogP contribution is -2.17. The second kappa shape index (κ2) is 8.88. The molecule has 0 unspecified atom stereocenters. The first-order chi connectivity index (χ1) is 14.3. The number of rotatable bonds is 6. The van der Waals surface area contributed by atoms with Gasteiger partial charge in [-0.1, -0.05) is 55.8 Å². The van der Waals surface area contributed by atoms with Crippen LogP contribution in [0.4, 0.5) is 11.4 Å². The SMILES string of the molecule is CC(C)c1ccc(NC(=O)c2ccccc2C(=O)c2ccc(Cl)c([N+](=O)[O-])c2)cc1. The van der Waals surface area contributed by atoms with Gasteiger partial charge in [-0.15, -0.1) is 0 Å². The summed E-state index contributed by atoms with van der Waals surface area (Å²) < 4.78 is 0. The van der Waals surface area contributed by atoms with Crippen LogP contribution in [0, 0.1) is 10.1 Å². The van der Waals surface area contributed by atoms with Gasteiger partial charge in [-0.3, -0.25) is 19.7 Å². The number of ketones is 1. The Morgan fingerprint density at radius 1 is 0.967 bits per heavy atom. The zero-order valence-corrected chi connectivity index (χ0v) is 17.1. The van der Waals surface area contributed by atoms with Gasteiger partial charge in [0.15, 0.2) is 5.78 Å². The number of nitro groups is 1. The van der Waals surface area contributed by atoms with E-state index in [1.54, 1.807) is 24.3 Å². The number of carbonyl (C=O) groups excluding carboxylic acids is 2. The number of hydrogen-bond acceptors (Lipinski definition) is 4. The van der Waals surface area contributed by atoms with E-state index in [9.17, 15) is 19.7 Å². The Kier molecular flexibility index (Phi) is 6.28. The second-order valence-corrected chi connectivity index (χ2v) is 7.44. The van der Waals surface area contributed by atoms with Crippen LogP contribution in [0.1, 0.15) is 51.6 Å². The molecule has 0 saturated carbocycles. The molecule has 0 heterocycles. The van der Waals surface area contributed by atoms with Gasteiger partial charge in [0.05, 0.1) is 10.5 Å². The van der Waals surface area contributed by atoms with E-state index in [0.717, 1.165) is 11.6 Å². The predicted molar refractivity (Wildman–Crippen MR) is 116 cm³/mol. The number of carbonyl (C=O) groups is 2. The fourth-order valence-corrected chi connectivity index (χ4v) is 3.16. The molecule has 0 bridgehead atoms. The number of amides is 1. The largest absolute Gasteiger partial charge is 0.322 e. The van der Waals surface area contributed by atoms with Gasteiger partial charge < -0.3 is 5.32 Å². The van der Waals surface area contributed by atoms with Crippen molar-refractivity contribution in [1.29, 1.82) is 0 Å². The van der Waals surface area contributed by atoms with E-state index in [1.807, 2.05) is 12.1 Å². The summed E-state index contributed by atoms with van der Waals surface area (Å²) in [4.78, 5) is 36.3. The molecule has 0 aromatic heterocycles. The highest BCUT2D eigenvalue weighted by atomic mass is 35.5. The molecule has 0 aliphatic carbocycles. The van der Waals surface area contributed by atoms with Gasteiger partial charge in [0.2, 0.25) is 0 Å². The van der Waals surface area contributed by atoms with Gasteiger partial charge >= 0.3 is 0 Å². The molecular weight excluding hydrogens is 404 g/mol. The molecule has 0 spiro atoms. The molecule has 3 rings (SSSR count). The molecule has 30 heavy (non-hydrogen) atoms. The lowest BCUT2D eigenvalue weighted by atomic mass is 9.97. The number of nitro benzene ring substituents is 1. The summed E-state index contributed by atoms with van der Waals surface area (Å²) in [5.41, 5.74) is 1.78. The van der Waals surface area contributed by atoms with Crippen LogP contribution in [-0.2, 0) is 0 Å². The molecule has 0 fully saturated rings. The van der Waals surface area contributed by atoms with Crippen molar-refractivity contribution in [1.82, 2.24) is 0 Å². The lowest BCUT2D eigenvalue weighted by Gasteiger charge is -2.11. The average molecular weight is 423 g/mol. The van der Waals surface area contributed by atoms with E-state index < -0.39 is 16.6 Å². The molecule has 7 heteroatoms. The monoisotopic (exact) mass is 422 g/mol. The number of hydrogen-bond donors (Lipinski definition) is 1. The minimum Gasteiger partial charge on any atom is -0.322 e. The van der Waals surface area contributed by atoms with E-state index in [0.29, 0.717) is 11.6 Å². The lowest BCUT2D eigenvalue weighted by molar-refractivity contribution is -0.384. The van der Waals surface area contributed by atoms with Crippen molar-refractivity contribution >= 4 is 34.7 Å². The van der Waals surface area contributed by atoms with Crippen LogP contribution in [0.25, 0.3) is 0 Å². The van der Waals surface area contributed by atoms with Gasteiger partial charge in [0, 0.05) is 22.9 Å². The fraction of sp³-hybridized carbons (Fsp3) is 0.130. The van der Waals surface area contributed by atoms with Crippen LogP contribution in [0.3, 0.4) is 0 Å². The summed E-state index contributed by atoms with van der Waals surface area (Å²) in [5.74, 6) is -0.577. The smallest absolute Gasteiger partial charge is 0.288 e. The average Bonchev–Trinajstić information content (AvgIpc) is 2.73. The maximum Gasteiger partial charge on any atom is 0.288 e. The van der Waals surface area contributed by atoms with Crippen LogP contribution in [0.5, 0.6) is 0 Å². The summed E-state index contributed by atoms with van der Waals surface area (Å²) >= 11 is 5.83. The molecule has 3 aromatic carbocycles. The summed E-state index contributed by atoms with van der Waals surface area (Å²) in [7, 11) is 0. The second-order valence-electron chi connectivity index (χ2n) is 7.03. The molecule has 152 valence electrons. The topological polar surface area (TPSA) is 89.3 Å². The molecule has 0 saturated heterocycles. The van der Waals surface area contributed by atoms with Crippen molar-refractivity contribution in [3.63, 3.8) is 0 Å². The fourth-order valence-electron chi connectivity index (χ4n) is 2.98. The molecule has 0 atom stereocenters. The van der Waals surface area contributed by atoms with Crippen LogP contribution in [-0.4, -0.2) is 16.6 Å². The van der Waals surface area contributed by atoms with Crippen molar-refractivity contribution in [3.05, 3.63) is 104 Å². The van der Waals surface area contributed by atoms with Gasteiger partial charge in [-0.25, -0.2) is 0 Å². The standard InChI is InChI=1S/C23H19ClN2O4/c1-14(2)15-7-10-17(11-8-15)25-23(28)19-6-4-3-5-18(19)22(27)16-9-12-20(24)21(13-16)26(29)30/h3-14H,1-2H3,(H,25,28). The Labute approximate surface area is 178 Å². The van der Waals surface area contributed by atoms with Crippen LogP contribution < -0.4 is 5.32 Å². The highest BCUT2D eigenvalue weighted by Crippen LogP contribution is 2.27. The molecule has 3 aromatic rings. The summed E-state index contributed by atoms with van der Waals surface area (Å²) in [5, 5.41) is 13.8. The van der Waals surface area contributed by atoms with Crippen LogP contribution in [0.15, 0.2) is 66.7 Å². The number of anilines is 1. The summed E-state index contributed by atoms with van der Waals surface area (Å²) in [6, 6.07) is 17.6. The van der Waals surface area contributed by atoms with Crippen molar-refractivity contribution in [2.24, 2.45) is 0 Å². The molecule has 6 nitrogen and oxygen atoms in total. The molecule has 1 amide bonds. The molecule has 0 aliphatic heterocycles. The first-order valence-corrected chi connectivity index (χ1v) is 9.64. The van der Waals surface area contributed by atoms with E-state index >= 15 is 0 Å². The minimum atomic E-state index is -0.654. The summed E-state index contributed by atoms with van der Waals surface area (Å²) in [6.07, 6.45) is 0. The van der Waals surface area contributed by atoms with Crippen molar-refractivity contribution < 1.29 is 14.5 Å². The minimum absolute atomic E-state index is 0.0626. The summed E-state index contributed by atoms with van der Waals surface area (Å²) in [6.45, 7) is 4.16. The normalized spacial score (nSPS) is 10.7. The Balaban J connectivity index is 1.90. The predicted octanol–water partition coefficient (Wildman–Crippen LogP) is 5.85. The highest BCUT2D eigenvalue weighted by Gasteiger charge is 2.21. The number of nitrogens with zero attached hydrogens (tertiary/aromatic N) is 1. The molecule has 1 N–H and O–H groups in total. The van der Waals surface area contributed by atoms with Crippen LogP contribution >= 0.6 is 11.6 Å². The number of nitrogens with one attached hydrogen (secondary N) is 1. The molecule has 0 aliphatic rings. The third-order valence-corrected chi connectivity index (χ3v) is 4.98. The van der Waals surface area contributed by atoms with E-state index in [4.69, 9.17) is 11.6 Å². The Morgan fingerprint density at radius 2 is 1.60 bits per heavy atom. The van der Waals surface area contributed by atoms with Gasteiger partial charge in [0.25, 0.3) is 11.6 Å². The van der Waals surface area contributed by atoms with Crippen molar-refractivity contribution in [2.45, 2.75) is 19.8 Å². The van der Waals surface area contributed by atoms with E-state index in [1.165, 1.54) is 24.3 Å². The Morgan fingerprint density at radius 3 is 2.20 bits per heavy atom. The first-order valence-electron chi connectivity index (χ1n) is 9.27. The Bertz CT molecular complexity index is 1120. The zero-order valence-electron chi connectivity index (χ0n) is 16.4. The van der Waals surface area contributed by atoms with E-state index in [-0.39, 0.29) is 27.4 Å².